The van der Waals surface area contributed by atoms with Crippen LogP contribution in [-0.2, 0) is 9.59 Å². The minimum absolute atomic E-state index is 0.0108. The average Bonchev–Trinajstić information content (AvgIpc) is 2.18. The van der Waals surface area contributed by atoms with Crippen LogP contribution in [0.5, 0.6) is 0 Å². The standard InChI is InChI=1S/C7H9N5O3/c8-4(3-5(13)14)6(15)11-7-9-1-2-10-12-7/h1-2,4H,3,8H2,(H,13,14)(H,9,11,12,15). The number of nitrogens with one attached hydrogen (secondary N) is 1. The summed E-state index contributed by atoms with van der Waals surface area (Å²) in [4.78, 5) is 25.2. The van der Waals surface area contributed by atoms with Gasteiger partial charge in [0.05, 0.1) is 24.9 Å². The van der Waals surface area contributed by atoms with Crippen molar-refractivity contribution in [3.8, 4) is 0 Å². The lowest BCUT2D eigenvalue weighted by Crippen LogP contribution is -2.37. The van der Waals surface area contributed by atoms with Gasteiger partial charge in [-0.05, 0) is 0 Å². The number of hydrogen-bond acceptors (Lipinski definition) is 6. The van der Waals surface area contributed by atoms with Gasteiger partial charge in [-0.2, -0.15) is 5.10 Å². The van der Waals surface area contributed by atoms with Gasteiger partial charge in [0, 0.05) is 0 Å². The molecule has 0 fully saturated rings. The summed E-state index contributed by atoms with van der Waals surface area (Å²) in [5.41, 5.74) is 5.30. The third kappa shape index (κ3) is 3.65. The van der Waals surface area contributed by atoms with E-state index in [9.17, 15) is 9.59 Å². The highest BCUT2D eigenvalue weighted by Crippen LogP contribution is 1.96. The van der Waals surface area contributed by atoms with Gasteiger partial charge in [-0.15, -0.1) is 5.10 Å². The first kappa shape index (κ1) is 11.0. The molecule has 15 heavy (non-hydrogen) atoms. The summed E-state index contributed by atoms with van der Waals surface area (Å²) in [6.45, 7) is 0. The van der Waals surface area contributed by atoms with Crippen LogP contribution in [0.25, 0.3) is 0 Å². The molecule has 1 amide bonds. The molecule has 0 saturated carbocycles. The molecule has 0 aliphatic heterocycles. The fraction of sp³-hybridized carbons (Fsp3) is 0.286. The van der Waals surface area contributed by atoms with Crippen LogP contribution in [-0.4, -0.2) is 38.2 Å². The molecular formula is C7H9N5O3. The second-order valence-corrected chi connectivity index (χ2v) is 2.66. The molecule has 1 aromatic heterocycles. The van der Waals surface area contributed by atoms with Gasteiger partial charge in [-0.1, -0.05) is 0 Å². The number of carboxylic acid groups (broad SMARTS) is 1. The summed E-state index contributed by atoms with van der Waals surface area (Å²) in [6, 6.07) is -1.13. The van der Waals surface area contributed by atoms with Crippen LogP contribution in [0.3, 0.4) is 0 Å². The summed E-state index contributed by atoms with van der Waals surface area (Å²) in [6.07, 6.45) is 2.23. The zero-order chi connectivity index (χ0) is 11.3. The highest BCUT2D eigenvalue weighted by Gasteiger charge is 2.17. The summed E-state index contributed by atoms with van der Waals surface area (Å²) in [5, 5.41) is 17.6. The van der Waals surface area contributed by atoms with Gasteiger partial charge in [-0.25, -0.2) is 4.98 Å². The van der Waals surface area contributed by atoms with Crippen LogP contribution < -0.4 is 11.1 Å². The first-order valence-corrected chi connectivity index (χ1v) is 4.01. The van der Waals surface area contributed by atoms with Crippen molar-refractivity contribution in [1.82, 2.24) is 15.2 Å². The van der Waals surface area contributed by atoms with E-state index in [-0.39, 0.29) is 5.95 Å². The predicted octanol–water partition coefficient (Wildman–Crippen LogP) is -1.39. The highest BCUT2D eigenvalue weighted by atomic mass is 16.4. The molecule has 0 aliphatic carbocycles. The molecule has 0 bridgehead atoms. The number of nitrogens with zero attached hydrogens (tertiary/aromatic N) is 3. The number of aromatic nitrogens is 3. The van der Waals surface area contributed by atoms with Gasteiger partial charge < -0.3 is 10.8 Å². The first-order chi connectivity index (χ1) is 7.09. The minimum Gasteiger partial charge on any atom is -0.481 e. The molecule has 1 atom stereocenters. The Morgan fingerprint density at radius 1 is 1.53 bits per heavy atom. The van der Waals surface area contributed by atoms with Crippen LogP contribution in [0.1, 0.15) is 6.42 Å². The van der Waals surface area contributed by atoms with Crippen LogP contribution >= 0.6 is 0 Å². The van der Waals surface area contributed by atoms with E-state index in [4.69, 9.17) is 10.8 Å². The zero-order valence-corrected chi connectivity index (χ0v) is 7.62. The van der Waals surface area contributed by atoms with Crippen molar-refractivity contribution in [1.29, 1.82) is 0 Å². The van der Waals surface area contributed by atoms with Crippen LogP contribution in [0.2, 0.25) is 0 Å². The third-order valence-electron chi connectivity index (χ3n) is 1.45. The molecule has 1 unspecified atom stereocenters. The van der Waals surface area contributed by atoms with E-state index in [1.165, 1.54) is 12.4 Å². The summed E-state index contributed by atoms with van der Waals surface area (Å²) in [7, 11) is 0. The molecule has 0 spiro atoms. The average molecular weight is 211 g/mol. The van der Waals surface area contributed by atoms with Gasteiger partial charge in [0.1, 0.15) is 0 Å². The maximum atomic E-state index is 11.2. The summed E-state index contributed by atoms with van der Waals surface area (Å²) >= 11 is 0. The molecule has 4 N–H and O–H groups in total. The van der Waals surface area contributed by atoms with Gasteiger partial charge >= 0.3 is 5.97 Å². The molecule has 0 saturated heterocycles. The van der Waals surface area contributed by atoms with E-state index in [1.54, 1.807) is 0 Å². The molecule has 0 radical (unpaired) electrons. The molecule has 1 aromatic rings. The lowest BCUT2D eigenvalue weighted by molar-refractivity contribution is -0.138. The number of rotatable bonds is 4. The summed E-state index contributed by atoms with van der Waals surface area (Å²) in [5.74, 6) is -1.82. The molecule has 1 heterocycles. The SMILES string of the molecule is NC(CC(=O)O)C(=O)Nc1nccnn1. The second kappa shape index (κ2) is 4.96. The number of hydrogen-bond donors (Lipinski definition) is 3. The Bertz CT molecular complexity index is 355. The maximum Gasteiger partial charge on any atom is 0.305 e. The Hall–Kier alpha value is -2.09. The number of aliphatic carboxylic acids is 1. The monoisotopic (exact) mass is 211 g/mol. The highest BCUT2D eigenvalue weighted by molar-refractivity contribution is 5.95. The second-order valence-electron chi connectivity index (χ2n) is 2.66. The predicted molar refractivity (Wildman–Crippen MR) is 48.7 cm³/mol. The Labute approximate surface area is 84.5 Å². The first-order valence-electron chi connectivity index (χ1n) is 4.01. The van der Waals surface area contributed by atoms with E-state index < -0.39 is 24.3 Å². The van der Waals surface area contributed by atoms with Gasteiger partial charge in [0.2, 0.25) is 11.9 Å². The van der Waals surface area contributed by atoms with E-state index >= 15 is 0 Å². The van der Waals surface area contributed by atoms with E-state index in [1.807, 2.05) is 0 Å². The smallest absolute Gasteiger partial charge is 0.305 e. The molecule has 0 aromatic carbocycles. The Morgan fingerprint density at radius 2 is 2.27 bits per heavy atom. The number of amides is 1. The Balaban J connectivity index is 2.52. The van der Waals surface area contributed by atoms with Crippen molar-refractivity contribution in [2.75, 3.05) is 5.32 Å². The van der Waals surface area contributed by atoms with Crippen molar-refractivity contribution in [2.45, 2.75) is 12.5 Å². The van der Waals surface area contributed by atoms with Gasteiger partial charge in [0.15, 0.2) is 0 Å². The van der Waals surface area contributed by atoms with Gasteiger partial charge in [0.25, 0.3) is 0 Å². The fourth-order valence-corrected chi connectivity index (χ4v) is 0.789. The molecule has 80 valence electrons. The van der Waals surface area contributed by atoms with Crippen molar-refractivity contribution in [2.24, 2.45) is 5.73 Å². The topological polar surface area (TPSA) is 131 Å². The molecule has 1 rings (SSSR count). The summed E-state index contributed by atoms with van der Waals surface area (Å²) < 4.78 is 0. The van der Waals surface area contributed by atoms with Crippen LogP contribution in [0, 0.1) is 0 Å². The third-order valence-corrected chi connectivity index (χ3v) is 1.45. The van der Waals surface area contributed by atoms with E-state index in [2.05, 4.69) is 20.5 Å². The molecule has 8 nitrogen and oxygen atoms in total. The molecule has 0 aliphatic rings. The van der Waals surface area contributed by atoms with Crippen molar-refractivity contribution in [3.05, 3.63) is 12.4 Å². The quantitative estimate of drug-likeness (QED) is 0.558. The Morgan fingerprint density at radius 3 is 2.80 bits per heavy atom. The van der Waals surface area contributed by atoms with Crippen molar-refractivity contribution < 1.29 is 14.7 Å². The zero-order valence-electron chi connectivity index (χ0n) is 7.62. The molecule has 8 heteroatoms. The van der Waals surface area contributed by atoms with E-state index in [0.717, 1.165) is 0 Å². The molecular weight excluding hydrogens is 202 g/mol. The largest absolute Gasteiger partial charge is 0.481 e. The Kier molecular flexibility index (Phi) is 3.63. The van der Waals surface area contributed by atoms with Gasteiger partial charge in [-0.3, -0.25) is 14.9 Å². The van der Waals surface area contributed by atoms with Crippen molar-refractivity contribution >= 4 is 17.8 Å². The maximum absolute atomic E-state index is 11.2. The normalized spacial score (nSPS) is 11.8. The minimum atomic E-state index is -1.15. The van der Waals surface area contributed by atoms with Crippen LogP contribution in [0.15, 0.2) is 12.4 Å². The lowest BCUT2D eigenvalue weighted by Gasteiger charge is -2.07. The number of carboxylic acids is 1. The van der Waals surface area contributed by atoms with Crippen molar-refractivity contribution in [3.63, 3.8) is 0 Å². The number of carbonyl (C=O) groups excluding carboxylic acids is 1. The lowest BCUT2D eigenvalue weighted by atomic mass is 10.2. The number of nitrogens with two attached hydrogens (primary N) is 1. The van der Waals surface area contributed by atoms with Crippen LogP contribution in [0.4, 0.5) is 5.95 Å². The fourth-order valence-electron chi connectivity index (χ4n) is 0.789. The van der Waals surface area contributed by atoms with E-state index in [0.29, 0.717) is 0 Å². The number of carbonyl (C=O) groups is 2. The number of anilines is 1.